The van der Waals surface area contributed by atoms with Gasteiger partial charge >= 0.3 is 6.61 Å². The number of nitrogens with zero attached hydrogens (tertiary/aromatic N) is 1. The standard InChI is InChI=1S/C14H16F2N2O3/c1-9-6-11(21-18-9)8-17-7-10-4-3-5-12(19-2)13(10)20-14(15)16/h3-6,14,17H,7-8H2,1-2H3. The number of para-hydroxylation sites is 1. The highest BCUT2D eigenvalue weighted by Crippen LogP contribution is 2.32. The smallest absolute Gasteiger partial charge is 0.387 e. The number of alkyl halides is 2. The fourth-order valence-electron chi connectivity index (χ4n) is 1.90. The van der Waals surface area contributed by atoms with Crippen LogP contribution in [0.5, 0.6) is 11.5 Å². The van der Waals surface area contributed by atoms with E-state index in [0.717, 1.165) is 5.69 Å². The summed E-state index contributed by atoms with van der Waals surface area (Å²) in [6.45, 7) is -0.314. The summed E-state index contributed by atoms with van der Waals surface area (Å²) in [5.74, 6) is 0.980. The third-order valence-corrected chi connectivity index (χ3v) is 2.78. The Kier molecular flexibility index (Phi) is 5.10. The number of rotatable bonds is 7. The van der Waals surface area contributed by atoms with Crippen LogP contribution in [-0.4, -0.2) is 18.9 Å². The number of aromatic nitrogens is 1. The lowest BCUT2D eigenvalue weighted by molar-refractivity contribution is -0.0518. The number of methoxy groups -OCH3 is 1. The van der Waals surface area contributed by atoms with E-state index in [2.05, 4.69) is 15.2 Å². The number of nitrogens with one attached hydrogen (secondary N) is 1. The predicted octanol–water partition coefficient (Wildman–Crippen LogP) is 2.88. The summed E-state index contributed by atoms with van der Waals surface area (Å²) in [5.41, 5.74) is 1.36. The molecule has 1 aromatic heterocycles. The molecule has 5 nitrogen and oxygen atoms in total. The van der Waals surface area contributed by atoms with Gasteiger partial charge in [0.2, 0.25) is 0 Å². The van der Waals surface area contributed by atoms with Gasteiger partial charge in [0.1, 0.15) is 0 Å². The Bertz CT molecular complexity index is 587. The van der Waals surface area contributed by atoms with Gasteiger partial charge in [0.25, 0.3) is 0 Å². The van der Waals surface area contributed by atoms with Gasteiger partial charge in [-0.05, 0) is 13.0 Å². The Morgan fingerprint density at radius 3 is 2.76 bits per heavy atom. The second-order valence-electron chi connectivity index (χ2n) is 4.37. The van der Waals surface area contributed by atoms with Gasteiger partial charge in [-0.2, -0.15) is 8.78 Å². The Hall–Kier alpha value is -2.15. The van der Waals surface area contributed by atoms with Crippen LogP contribution in [0, 0.1) is 6.92 Å². The first-order valence-corrected chi connectivity index (χ1v) is 6.33. The summed E-state index contributed by atoms with van der Waals surface area (Å²) in [6, 6.07) is 6.78. The highest BCUT2D eigenvalue weighted by atomic mass is 19.3. The second kappa shape index (κ2) is 7.03. The van der Waals surface area contributed by atoms with Crippen LogP contribution in [0.4, 0.5) is 8.78 Å². The van der Waals surface area contributed by atoms with Crippen molar-refractivity contribution in [3.8, 4) is 11.5 Å². The van der Waals surface area contributed by atoms with E-state index in [1.165, 1.54) is 7.11 Å². The molecule has 0 saturated heterocycles. The summed E-state index contributed by atoms with van der Waals surface area (Å²) < 4.78 is 39.6. The predicted molar refractivity (Wildman–Crippen MR) is 71.4 cm³/mol. The monoisotopic (exact) mass is 298 g/mol. The van der Waals surface area contributed by atoms with Crippen molar-refractivity contribution in [2.24, 2.45) is 0 Å². The van der Waals surface area contributed by atoms with Gasteiger partial charge in [0, 0.05) is 18.2 Å². The maximum Gasteiger partial charge on any atom is 0.387 e. The van der Waals surface area contributed by atoms with Gasteiger partial charge in [-0.25, -0.2) is 0 Å². The molecule has 1 aromatic carbocycles. The average molecular weight is 298 g/mol. The molecule has 0 bridgehead atoms. The molecule has 0 saturated carbocycles. The molecular weight excluding hydrogens is 282 g/mol. The Morgan fingerprint density at radius 2 is 2.14 bits per heavy atom. The van der Waals surface area contributed by atoms with Crippen molar-refractivity contribution in [3.05, 3.63) is 41.3 Å². The number of benzene rings is 1. The summed E-state index contributed by atoms with van der Waals surface area (Å²) in [6.07, 6.45) is 0. The molecule has 114 valence electrons. The lowest BCUT2D eigenvalue weighted by Crippen LogP contribution is -2.14. The lowest BCUT2D eigenvalue weighted by atomic mass is 10.2. The summed E-state index contributed by atoms with van der Waals surface area (Å²) in [7, 11) is 1.40. The van der Waals surface area contributed by atoms with Crippen LogP contribution in [-0.2, 0) is 13.1 Å². The molecule has 0 atom stereocenters. The summed E-state index contributed by atoms with van der Waals surface area (Å²) in [4.78, 5) is 0. The topological polar surface area (TPSA) is 56.5 Å². The first-order chi connectivity index (χ1) is 10.1. The van der Waals surface area contributed by atoms with Crippen molar-refractivity contribution >= 4 is 0 Å². The van der Waals surface area contributed by atoms with Crippen LogP contribution in [0.15, 0.2) is 28.8 Å². The number of halogens is 2. The summed E-state index contributed by atoms with van der Waals surface area (Å²) in [5, 5.41) is 6.85. The Labute approximate surface area is 120 Å². The lowest BCUT2D eigenvalue weighted by Gasteiger charge is -2.14. The molecule has 7 heteroatoms. The number of hydrogen-bond donors (Lipinski definition) is 1. The van der Waals surface area contributed by atoms with Gasteiger partial charge < -0.3 is 19.3 Å². The maximum absolute atomic E-state index is 12.5. The molecule has 0 fully saturated rings. The van der Waals surface area contributed by atoms with Gasteiger partial charge in [0.05, 0.1) is 19.3 Å². The van der Waals surface area contributed by atoms with Gasteiger partial charge in [0.15, 0.2) is 17.3 Å². The highest BCUT2D eigenvalue weighted by molar-refractivity contribution is 5.46. The third kappa shape index (κ3) is 4.16. The molecule has 0 radical (unpaired) electrons. The van der Waals surface area contributed by atoms with Crippen LogP contribution < -0.4 is 14.8 Å². The first-order valence-electron chi connectivity index (χ1n) is 6.33. The van der Waals surface area contributed by atoms with Crippen molar-refractivity contribution < 1.29 is 22.8 Å². The molecule has 1 N–H and O–H groups in total. The molecule has 0 aliphatic heterocycles. The van der Waals surface area contributed by atoms with E-state index in [1.54, 1.807) is 24.3 Å². The fourth-order valence-corrected chi connectivity index (χ4v) is 1.90. The second-order valence-corrected chi connectivity index (χ2v) is 4.37. The first kappa shape index (κ1) is 15.2. The Balaban J connectivity index is 2.04. The normalized spacial score (nSPS) is 10.9. The zero-order valence-corrected chi connectivity index (χ0v) is 11.7. The number of hydrogen-bond acceptors (Lipinski definition) is 5. The molecule has 0 aliphatic carbocycles. The van der Waals surface area contributed by atoms with Crippen LogP contribution in [0.3, 0.4) is 0 Å². The van der Waals surface area contributed by atoms with E-state index in [0.29, 0.717) is 24.4 Å². The zero-order chi connectivity index (χ0) is 15.2. The molecular formula is C14H16F2N2O3. The quantitative estimate of drug-likeness (QED) is 0.852. The largest absolute Gasteiger partial charge is 0.493 e. The van der Waals surface area contributed by atoms with E-state index in [9.17, 15) is 8.78 Å². The molecule has 2 rings (SSSR count). The molecule has 21 heavy (non-hydrogen) atoms. The minimum Gasteiger partial charge on any atom is -0.493 e. The van der Waals surface area contributed by atoms with Crippen molar-refractivity contribution in [1.82, 2.24) is 10.5 Å². The van der Waals surface area contributed by atoms with Crippen molar-refractivity contribution in [1.29, 1.82) is 0 Å². The van der Waals surface area contributed by atoms with Crippen molar-refractivity contribution in [2.75, 3.05) is 7.11 Å². The minimum atomic E-state index is -2.91. The number of ether oxygens (including phenoxy) is 2. The van der Waals surface area contributed by atoms with Crippen LogP contribution in [0.1, 0.15) is 17.0 Å². The average Bonchev–Trinajstić information content (AvgIpc) is 2.85. The van der Waals surface area contributed by atoms with Crippen molar-refractivity contribution in [2.45, 2.75) is 26.6 Å². The van der Waals surface area contributed by atoms with E-state index < -0.39 is 6.61 Å². The molecule has 0 aliphatic rings. The van der Waals surface area contributed by atoms with E-state index >= 15 is 0 Å². The minimum absolute atomic E-state index is 0.0382. The number of aryl methyl sites for hydroxylation is 1. The van der Waals surface area contributed by atoms with E-state index in [-0.39, 0.29) is 11.5 Å². The maximum atomic E-state index is 12.5. The van der Waals surface area contributed by atoms with E-state index in [4.69, 9.17) is 9.26 Å². The SMILES string of the molecule is COc1cccc(CNCc2cc(C)no2)c1OC(F)F. The molecule has 0 spiro atoms. The zero-order valence-electron chi connectivity index (χ0n) is 11.7. The fraction of sp³-hybridized carbons (Fsp3) is 0.357. The van der Waals surface area contributed by atoms with Crippen LogP contribution in [0.2, 0.25) is 0 Å². The molecule has 1 heterocycles. The Morgan fingerprint density at radius 1 is 1.33 bits per heavy atom. The van der Waals surface area contributed by atoms with Gasteiger partial charge in [-0.1, -0.05) is 17.3 Å². The van der Waals surface area contributed by atoms with Crippen LogP contribution >= 0.6 is 0 Å². The van der Waals surface area contributed by atoms with Crippen LogP contribution in [0.25, 0.3) is 0 Å². The summed E-state index contributed by atoms with van der Waals surface area (Å²) >= 11 is 0. The third-order valence-electron chi connectivity index (χ3n) is 2.78. The van der Waals surface area contributed by atoms with Gasteiger partial charge in [-0.15, -0.1) is 0 Å². The van der Waals surface area contributed by atoms with Gasteiger partial charge in [-0.3, -0.25) is 0 Å². The molecule has 0 unspecified atom stereocenters. The molecule has 2 aromatic rings. The highest BCUT2D eigenvalue weighted by Gasteiger charge is 2.15. The van der Waals surface area contributed by atoms with E-state index in [1.807, 2.05) is 6.92 Å². The molecule has 0 amide bonds. The van der Waals surface area contributed by atoms with Crippen molar-refractivity contribution in [3.63, 3.8) is 0 Å².